The molecule has 4 aromatic rings. The van der Waals surface area contributed by atoms with Crippen molar-refractivity contribution in [2.24, 2.45) is 0 Å². The third kappa shape index (κ3) is 3.46. The minimum absolute atomic E-state index is 0.311. The molecule has 1 aromatic heterocycles. The van der Waals surface area contributed by atoms with Gasteiger partial charge in [-0.15, -0.1) is 0 Å². The fourth-order valence-electron chi connectivity index (χ4n) is 4.57. The number of quaternary nitrogens is 1. The van der Waals surface area contributed by atoms with Crippen molar-refractivity contribution < 1.29 is 23.5 Å². The second-order valence-electron chi connectivity index (χ2n) is 8.21. The summed E-state index contributed by atoms with van der Waals surface area (Å²) in [5.74, 6) is 2.32. The summed E-state index contributed by atoms with van der Waals surface area (Å²) in [7, 11) is 3.30. The van der Waals surface area contributed by atoms with Crippen LogP contribution in [0.15, 0.2) is 57.7 Å². The molecule has 0 bridgehead atoms. The van der Waals surface area contributed by atoms with Crippen molar-refractivity contribution in [3.63, 3.8) is 0 Å². The lowest BCUT2D eigenvalue weighted by Gasteiger charge is -2.27. The molecule has 0 amide bonds. The van der Waals surface area contributed by atoms with E-state index in [2.05, 4.69) is 12.1 Å². The Labute approximate surface area is 185 Å². The molecule has 0 spiro atoms. The van der Waals surface area contributed by atoms with E-state index in [1.807, 2.05) is 43.3 Å². The Balaban J connectivity index is 1.43. The van der Waals surface area contributed by atoms with E-state index in [9.17, 15) is 4.79 Å². The van der Waals surface area contributed by atoms with Gasteiger partial charge in [-0.1, -0.05) is 24.3 Å². The van der Waals surface area contributed by atoms with Crippen LogP contribution in [0, 0.1) is 6.92 Å². The summed E-state index contributed by atoms with van der Waals surface area (Å²) in [5.41, 5.74) is 3.53. The lowest BCUT2D eigenvalue weighted by atomic mass is 10.00. The maximum atomic E-state index is 12.4. The minimum Gasteiger partial charge on any atom is -0.493 e. The Hall–Kier alpha value is -3.51. The van der Waals surface area contributed by atoms with Crippen molar-refractivity contribution in [2.45, 2.75) is 19.9 Å². The fraction of sp³-hybridized carbons (Fsp3) is 0.269. The summed E-state index contributed by atoms with van der Waals surface area (Å²) in [6.45, 7) is 4.32. The smallest absolute Gasteiger partial charge is 0.344 e. The third-order valence-corrected chi connectivity index (χ3v) is 6.24. The van der Waals surface area contributed by atoms with Crippen molar-refractivity contribution >= 4 is 21.7 Å². The van der Waals surface area contributed by atoms with E-state index in [4.69, 9.17) is 18.6 Å². The van der Waals surface area contributed by atoms with Gasteiger partial charge in [0.25, 0.3) is 0 Å². The maximum Gasteiger partial charge on any atom is 0.344 e. The Kier molecular flexibility index (Phi) is 5.23. The molecule has 1 aliphatic heterocycles. The van der Waals surface area contributed by atoms with Gasteiger partial charge in [0, 0.05) is 22.9 Å². The lowest BCUT2D eigenvalue weighted by Crippen LogP contribution is -3.12. The normalized spacial score (nSPS) is 15.4. The largest absolute Gasteiger partial charge is 0.493 e. The molecule has 0 saturated heterocycles. The van der Waals surface area contributed by atoms with E-state index in [0.717, 1.165) is 58.7 Å². The van der Waals surface area contributed by atoms with E-state index in [0.29, 0.717) is 17.7 Å². The number of ether oxygens (including phenoxy) is 3. The van der Waals surface area contributed by atoms with Crippen molar-refractivity contribution in [1.82, 2.24) is 0 Å². The third-order valence-electron chi connectivity index (χ3n) is 6.24. The molecule has 0 aliphatic carbocycles. The number of methoxy groups -OCH3 is 2. The fourth-order valence-corrected chi connectivity index (χ4v) is 4.57. The zero-order chi connectivity index (χ0) is 22.2. The predicted octanol–water partition coefficient (Wildman–Crippen LogP) is 3.25. The highest BCUT2D eigenvalue weighted by atomic mass is 16.5. The highest BCUT2D eigenvalue weighted by molar-refractivity contribution is 6.06. The Morgan fingerprint density at radius 2 is 1.75 bits per heavy atom. The molecule has 1 unspecified atom stereocenters. The number of hydrogen-bond acceptors (Lipinski definition) is 5. The zero-order valence-electron chi connectivity index (χ0n) is 18.5. The molecule has 1 aliphatic rings. The van der Waals surface area contributed by atoms with Crippen LogP contribution in [-0.4, -0.2) is 27.5 Å². The molecule has 0 fully saturated rings. The highest BCUT2D eigenvalue weighted by Gasteiger charge is 2.25. The molecule has 3 aromatic carbocycles. The first kappa shape index (κ1) is 20.4. The van der Waals surface area contributed by atoms with E-state index in [-0.39, 0.29) is 5.63 Å². The lowest BCUT2D eigenvalue weighted by molar-refractivity contribution is -0.932. The molecular formula is C26H26NO5+. The summed E-state index contributed by atoms with van der Waals surface area (Å²) >= 11 is 0. The van der Waals surface area contributed by atoms with Gasteiger partial charge in [-0.2, -0.15) is 0 Å². The van der Waals surface area contributed by atoms with Crippen LogP contribution in [0.3, 0.4) is 0 Å². The van der Waals surface area contributed by atoms with Gasteiger partial charge < -0.3 is 18.6 Å². The number of rotatable bonds is 5. The topological polar surface area (TPSA) is 62.3 Å². The second kappa shape index (κ2) is 8.20. The van der Waals surface area contributed by atoms with Gasteiger partial charge in [0.15, 0.2) is 11.5 Å². The molecule has 5 rings (SSSR count). The van der Waals surface area contributed by atoms with Gasteiger partial charge in [0.2, 0.25) is 6.73 Å². The monoisotopic (exact) mass is 432 g/mol. The van der Waals surface area contributed by atoms with Crippen molar-refractivity contribution in [3.8, 4) is 17.2 Å². The molecular weight excluding hydrogens is 406 g/mol. The first-order valence-electron chi connectivity index (χ1n) is 10.7. The molecule has 6 heteroatoms. The molecule has 0 radical (unpaired) electrons. The first-order chi connectivity index (χ1) is 15.6. The van der Waals surface area contributed by atoms with Crippen LogP contribution in [0.1, 0.15) is 16.7 Å². The molecule has 0 saturated carbocycles. The van der Waals surface area contributed by atoms with Crippen molar-refractivity contribution in [1.29, 1.82) is 0 Å². The Bertz CT molecular complexity index is 1370. The van der Waals surface area contributed by atoms with Crippen LogP contribution >= 0.6 is 0 Å². The predicted molar refractivity (Wildman–Crippen MR) is 123 cm³/mol. The van der Waals surface area contributed by atoms with Crippen molar-refractivity contribution in [3.05, 3.63) is 75.6 Å². The average Bonchev–Trinajstić information content (AvgIpc) is 2.83. The maximum absolute atomic E-state index is 12.4. The number of nitrogens with one attached hydrogen (secondary N) is 1. The molecule has 32 heavy (non-hydrogen) atoms. The van der Waals surface area contributed by atoms with Crippen LogP contribution < -0.4 is 24.7 Å². The van der Waals surface area contributed by atoms with Crippen LogP contribution in [0.4, 0.5) is 0 Å². The van der Waals surface area contributed by atoms with Gasteiger partial charge >= 0.3 is 5.63 Å². The summed E-state index contributed by atoms with van der Waals surface area (Å²) < 4.78 is 22.6. The summed E-state index contributed by atoms with van der Waals surface area (Å²) in [4.78, 5) is 13.8. The van der Waals surface area contributed by atoms with Crippen LogP contribution in [-0.2, 0) is 13.0 Å². The van der Waals surface area contributed by atoms with Gasteiger partial charge in [0.05, 0.1) is 26.2 Å². The highest BCUT2D eigenvalue weighted by Crippen LogP contribution is 2.35. The zero-order valence-corrected chi connectivity index (χ0v) is 18.5. The van der Waals surface area contributed by atoms with E-state index in [1.54, 1.807) is 14.2 Å². The van der Waals surface area contributed by atoms with Crippen LogP contribution in [0.5, 0.6) is 17.2 Å². The van der Waals surface area contributed by atoms with E-state index < -0.39 is 0 Å². The second-order valence-corrected chi connectivity index (χ2v) is 8.21. The van der Waals surface area contributed by atoms with E-state index in [1.165, 1.54) is 10.5 Å². The van der Waals surface area contributed by atoms with Crippen LogP contribution in [0.2, 0.25) is 0 Å². The Morgan fingerprint density at radius 3 is 2.53 bits per heavy atom. The Morgan fingerprint density at radius 1 is 0.969 bits per heavy atom. The SMILES string of the molecule is COc1ccc(CC[NH+]2COc3c(cc4c(oc(=O)c5ccccc54)c3C)C2)cc1OC. The standard InChI is InChI=1S/C26H25NO5/c1-16-24-18(13-21-19-6-4-5-7-20(19)26(28)32-25(16)21)14-27(15-31-24)11-10-17-8-9-22(29-2)23(12-17)30-3/h4-9,12-13H,10-11,14-15H2,1-3H3/p+1. The average molecular weight is 432 g/mol. The summed E-state index contributed by atoms with van der Waals surface area (Å²) in [6, 6.07) is 15.8. The molecule has 2 heterocycles. The van der Waals surface area contributed by atoms with Gasteiger partial charge in [-0.25, -0.2) is 4.79 Å². The molecule has 6 nitrogen and oxygen atoms in total. The van der Waals surface area contributed by atoms with Crippen LogP contribution in [0.25, 0.3) is 21.7 Å². The van der Waals surface area contributed by atoms with Crippen molar-refractivity contribution in [2.75, 3.05) is 27.5 Å². The minimum atomic E-state index is -0.311. The molecule has 1 N–H and O–H groups in total. The number of fused-ring (bicyclic) bond motifs is 4. The summed E-state index contributed by atoms with van der Waals surface area (Å²) in [5, 5.41) is 2.48. The number of benzene rings is 3. The van der Waals surface area contributed by atoms with Gasteiger partial charge in [-0.05, 0) is 42.1 Å². The first-order valence-corrected chi connectivity index (χ1v) is 10.7. The summed E-state index contributed by atoms with van der Waals surface area (Å²) in [6.07, 6.45) is 0.902. The van der Waals surface area contributed by atoms with E-state index >= 15 is 0 Å². The number of hydrogen-bond donors (Lipinski definition) is 1. The quantitative estimate of drug-likeness (QED) is 0.388. The van der Waals surface area contributed by atoms with Gasteiger partial charge in [-0.3, -0.25) is 4.90 Å². The van der Waals surface area contributed by atoms with Gasteiger partial charge in [0.1, 0.15) is 17.9 Å². The molecule has 164 valence electrons. The number of aryl methyl sites for hydroxylation is 1. The molecule has 1 atom stereocenters.